The molecular formula is C11H17ClN2O2S. The molecule has 0 amide bonds. The Bertz CT molecular complexity index is 500. The summed E-state index contributed by atoms with van der Waals surface area (Å²) in [6, 6.07) is 1.80. The zero-order valence-electron chi connectivity index (χ0n) is 10.4. The Morgan fingerprint density at radius 3 is 2.35 bits per heavy atom. The molecule has 0 N–H and O–H groups in total. The normalized spacial score (nSPS) is 14.0. The van der Waals surface area contributed by atoms with Crippen molar-refractivity contribution < 1.29 is 8.42 Å². The van der Waals surface area contributed by atoms with E-state index in [0.29, 0.717) is 5.69 Å². The number of nitrogens with zero attached hydrogens (tertiary/aromatic N) is 2. The first-order valence-corrected chi connectivity index (χ1v) is 7.52. The van der Waals surface area contributed by atoms with E-state index in [1.54, 1.807) is 19.9 Å². The van der Waals surface area contributed by atoms with E-state index < -0.39 is 15.1 Å². The highest BCUT2D eigenvalue weighted by Gasteiger charge is 2.26. The van der Waals surface area contributed by atoms with Crippen molar-refractivity contribution in [3.8, 4) is 0 Å². The van der Waals surface area contributed by atoms with Gasteiger partial charge in [0.25, 0.3) is 0 Å². The molecule has 0 bridgehead atoms. The van der Waals surface area contributed by atoms with Crippen molar-refractivity contribution in [2.24, 2.45) is 0 Å². The molecule has 0 aliphatic carbocycles. The van der Waals surface area contributed by atoms with Gasteiger partial charge < -0.3 is 0 Å². The third kappa shape index (κ3) is 3.16. The molecule has 1 rings (SSSR count). The van der Waals surface area contributed by atoms with Crippen molar-refractivity contribution in [3.63, 3.8) is 0 Å². The molecule has 0 spiro atoms. The third-order valence-electron chi connectivity index (χ3n) is 2.45. The zero-order valence-corrected chi connectivity index (χ0v) is 12.0. The van der Waals surface area contributed by atoms with Gasteiger partial charge in [0, 0.05) is 17.3 Å². The van der Waals surface area contributed by atoms with E-state index in [0.717, 1.165) is 5.69 Å². The van der Waals surface area contributed by atoms with Crippen LogP contribution in [0.1, 0.15) is 38.1 Å². The number of halogens is 1. The Morgan fingerprint density at radius 1 is 1.29 bits per heavy atom. The number of sulfone groups is 1. The molecule has 0 fully saturated rings. The van der Waals surface area contributed by atoms with Crippen LogP contribution in [0.25, 0.3) is 0 Å². The summed E-state index contributed by atoms with van der Waals surface area (Å²) in [4.78, 5) is 8.12. The Kier molecular flexibility index (Phi) is 4.49. The summed E-state index contributed by atoms with van der Waals surface area (Å²) in [6.07, 6.45) is 0. The highest BCUT2D eigenvalue weighted by Crippen LogP contribution is 2.18. The number of alkyl halides is 1. The van der Waals surface area contributed by atoms with Gasteiger partial charge in [0.05, 0.1) is 5.25 Å². The third-order valence-corrected chi connectivity index (χ3v) is 5.01. The van der Waals surface area contributed by atoms with Crippen LogP contribution in [0.5, 0.6) is 0 Å². The first kappa shape index (κ1) is 14.4. The number of aryl methyl sites for hydroxylation is 1. The molecular weight excluding hydrogens is 260 g/mol. The molecule has 1 aromatic heterocycles. The molecule has 4 nitrogen and oxygen atoms in total. The largest absolute Gasteiger partial charge is 0.247 e. The molecule has 1 atom stereocenters. The maximum atomic E-state index is 12.1. The van der Waals surface area contributed by atoms with Gasteiger partial charge in [-0.3, -0.25) is 0 Å². The number of hydrogen-bond acceptors (Lipinski definition) is 4. The van der Waals surface area contributed by atoms with Crippen LogP contribution in [0.2, 0.25) is 0 Å². The predicted octanol–water partition coefficient (Wildman–Crippen LogP) is 2.31. The van der Waals surface area contributed by atoms with Crippen molar-refractivity contribution in [2.75, 3.05) is 5.88 Å². The molecule has 0 saturated heterocycles. The fourth-order valence-corrected chi connectivity index (χ4v) is 2.78. The second-order valence-corrected chi connectivity index (χ2v) is 6.95. The van der Waals surface area contributed by atoms with Gasteiger partial charge in [0.1, 0.15) is 0 Å². The number of hydrogen-bond donors (Lipinski definition) is 0. The smallest absolute Gasteiger partial charge is 0.224 e. The molecule has 0 aliphatic heterocycles. The fourth-order valence-electron chi connectivity index (χ4n) is 1.25. The summed E-state index contributed by atoms with van der Waals surface area (Å²) in [5.74, 6) is 0.202. The molecule has 0 aliphatic rings. The quantitative estimate of drug-likeness (QED) is 0.625. The minimum atomic E-state index is -3.52. The summed E-state index contributed by atoms with van der Waals surface area (Å²) < 4.78 is 24.2. The Morgan fingerprint density at radius 2 is 1.88 bits per heavy atom. The lowest BCUT2D eigenvalue weighted by Gasteiger charge is -2.11. The summed E-state index contributed by atoms with van der Waals surface area (Å²) >= 11 is 5.59. The fraction of sp³-hybridized carbons (Fsp3) is 0.636. The van der Waals surface area contributed by atoms with Crippen molar-refractivity contribution in [1.82, 2.24) is 9.97 Å². The molecule has 1 heterocycles. The second kappa shape index (κ2) is 5.31. The lowest BCUT2D eigenvalue weighted by Crippen LogP contribution is -2.22. The van der Waals surface area contributed by atoms with E-state index in [4.69, 9.17) is 11.6 Å². The van der Waals surface area contributed by atoms with E-state index in [1.807, 2.05) is 13.8 Å². The Labute approximate surface area is 107 Å². The minimum Gasteiger partial charge on any atom is -0.224 e. The van der Waals surface area contributed by atoms with Crippen molar-refractivity contribution in [3.05, 3.63) is 17.5 Å². The predicted molar refractivity (Wildman–Crippen MR) is 68.2 cm³/mol. The van der Waals surface area contributed by atoms with Crippen LogP contribution in [0.4, 0.5) is 0 Å². The molecule has 0 radical (unpaired) electrons. The standard InChI is InChI=1S/C11H17ClN2O2S/c1-7(2)10-5-8(3)13-11(14-10)17(15,16)9(4)6-12/h5,7,9H,6H2,1-4H3. The van der Waals surface area contributed by atoms with Crippen LogP contribution in [0.15, 0.2) is 11.2 Å². The van der Waals surface area contributed by atoms with Crippen LogP contribution in [0.3, 0.4) is 0 Å². The second-order valence-electron chi connectivity index (χ2n) is 4.38. The minimum absolute atomic E-state index is 0.0383. The zero-order chi connectivity index (χ0) is 13.2. The average Bonchev–Trinajstić information content (AvgIpc) is 2.26. The van der Waals surface area contributed by atoms with Crippen molar-refractivity contribution in [2.45, 2.75) is 44.0 Å². The molecule has 1 aromatic rings. The summed E-state index contributed by atoms with van der Waals surface area (Å²) in [5.41, 5.74) is 1.39. The van der Waals surface area contributed by atoms with Crippen LogP contribution in [0, 0.1) is 6.92 Å². The molecule has 0 saturated carbocycles. The number of rotatable bonds is 4. The maximum absolute atomic E-state index is 12.1. The van der Waals surface area contributed by atoms with Crippen molar-refractivity contribution in [1.29, 1.82) is 0 Å². The van der Waals surface area contributed by atoms with E-state index in [1.165, 1.54) is 0 Å². The molecule has 6 heteroatoms. The van der Waals surface area contributed by atoms with Crippen LogP contribution < -0.4 is 0 Å². The summed E-state index contributed by atoms with van der Waals surface area (Å²) in [6.45, 7) is 7.24. The average molecular weight is 277 g/mol. The molecule has 96 valence electrons. The van der Waals surface area contributed by atoms with Crippen LogP contribution in [-0.4, -0.2) is 29.5 Å². The first-order valence-electron chi connectivity index (χ1n) is 5.44. The van der Waals surface area contributed by atoms with Gasteiger partial charge in [-0.1, -0.05) is 13.8 Å². The molecule has 0 aromatic carbocycles. The molecule has 17 heavy (non-hydrogen) atoms. The van der Waals surface area contributed by atoms with E-state index in [-0.39, 0.29) is 17.0 Å². The van der Waals surface area contributed by atoms with Gasteiger partial charge in [0.15, 0.2) is 0 Å². The monoisotopic (exact) mass is 276 g/mol. The van der Waals surface area contributed by atoms with Gasteiger partial charge in [-0.2, -0.15) is 0 Å². The maximum Gasteiger partial charge on any atom is 0.247 e. The topological polar surface area (TPSA) is 59.9 Å². The lowest BCUT2D eigenvalue weighted by molar-refractivity contribution is 0.575. The highest BCUT2D eigenvalue weighted by atomic mass is 35.5. The van der Waals surface area contributed by atoms with Crippen molar-refractivity contribution >= 4 is 21.4 Å². The van der Waals surface area contributed by atoms with Gasteiger partial charge in [-0.05, 0) is 25.8 Å². The SMILES string of the molecule is Cc1cc(C(C)C)nc(S(=O)(=O)C(C)CCl)n1. The first-order chi connectivity index (χ1) is 7.78. The van der Waals surface area contributed by atoms with E-state index in [2.05, 4.69) is 9.97 Å². The number of aromatic nitrogens is 2. The summed E-state index contributed by atoms with van der Waals surface area (Å²) in [5, 5.41) is -0.791. The highest BCUT2D eigenvalue weighted by molar-refractivity contribution is 7.91. The van der Waals surface area contributed by atoms with Gasteiger partial charge in [-0.15, -0.1) is 11.6 Å². The van der Waals surface area contributed by atoms with Gasteiger partial charge >= 0.3 is 0 Å². The Balaban J connectivity index is 3.32. The van der Waals surface area contributed by atoms with Gasteiger partial charge in [0.2, 0.25) is 15.0 Å². The molecule has 1 unspecified atom stereocenters. The van der Waals surface area contributed by atoms with E-state index >= 15 is 0 Å². The summed E-state index contributed by atoms with van der Waals surface area (Å²) in [7, 11) is -3.52. The van der Waals surface area contributed by atoms with Crippen LogP contribution in [-0.2, 0) is 9.84 Å². The van der Waals surface area contributed by atoms with Gasteiger partial charge in [-0.25, -0.2) is 18.4 Å². The van der Waals surface area contributed by atoms with Crippen LogP contribution >= 0.6 is 11.6 Å². The van der Waals surface area contributed by atoms with E-state index in [9.17, 15) is 8.42 Å². The lowest BCUT2D eigenvalue weighted by atomic mass is 10.1. The Hall–Kier alpha value is -0.680.